The molecule has 1 aliphatic rings. The molecule has 0 spiro atoms. The SMILES string of the molecule is C[C@]1(O)NC(=O)C=C1Cc1ccccc1. The fourth-order valence-electron chi connectivity index (χ4n) is 1.69. The molecule has 15 heavy (non-hydrogen) atoms. The highest BCUT2D eigenvalue weighted by molar-refractivity contribution is 5.92. The number of rotatable bonds is 2. The molecule has 0 fully saturated rings. The monoisotopic (exact) mass is 203 g/mol. The maximum atomic E-state index is 11.1. The number of carbonyl (C=O) groups is 1. The average molecular weight is 203 g/mol. The third-order valence-electron chi connectivity index (χ3n) is 2.53. The van der Waals surface area contributed by atoms with Crippen LogP contribution in [0.25, 0.3) is 0 Å². The third-order valence-corrected chi connectivity index (χ3v) is 2.53. The molecule has 0 saturated heterocycles. The van der Waals surface area contributed by atoms with Gasteiger partial charge in [0, 0.05) is 6.08 Å². The summed E-state index contributed by atoms with van der Waals surface area (Å²) in [5.74, 6) is -0.231. The van der Waals surface area contributed by atoms with Gasteiger partial charge in [-0.1, -0.05) is 30.3 Å². The van der Waals surface area contributed by atoms with E-state index in [0.29, 0.717) is 12.0 Å². The molecular weight excluding hydrogens is 190 g/mol. The predicted molar refractivity (Wildman–Crippen MR) is 57.0 cm³/mol. The Morgan fingerprint density at radius 1 is 1.33 bits per heavy atom. The Morgan fingerprint density at radius 3 is 2.53 bits per heavy atom. The van der Waals surface area contributed by atoms with Crippen molar-refractivity contribution in [3.05, 3.63) is 47.5 Å². The van der Waals surface area contributed by atoms with Crippen LogP contribution in [0.3, 0.4) is 0 Å². The molecule has 1 atom stereocenters. The predicted octanol–water partition coefficient (Wildman–Crippen LogP) is 0.994. The number of nitrogens with one attached hydrogen (secondary N) is 1. The van der Waals surface area contributed by atoms with E-state index in [9.17, 15) is 9.90 Å². The van der Waals surface area contributed by atoms with Crippen molar-refractivity contribution in [1.82, 2.24) is 5.32 Å². The molecule has 0 unspecified atom stereocenters. The van der Waals surface area contributed by atoms with Gasteiger partial charge in [0.2, 0.25) is 5.91 Å². The molecule has 0 bridgehead atoms. The maximum absolute atomic E-state index is 11.1. The van der Waals surface area contributed by atoms with Gasteiger partial charge in [-0.05, 0) is 24.5 Å². The highest BCUT2D eigenvalue weighted by Crippen LogP contribution is 2.22. The Balaban J connectivity index is 2.20. The van der Waals surface area contributed by atoms with Crippen molar-refractivity contribution >= 4 is 5.91 Å². The van der Waals surface area contributed by atoms with Crippen LogP contribution in [0.5, 0.6) is 0 Å². The van der Waals surface area contributed by atoms with Gasteiger partial charge in [-0.3, -0.25) is 4.79 Å². The Morgan fingerprint density at radius 2 is 2.00 bits per heavy atom. The fourth-order valence-corrected chi connectivity index (χ4v) is 1.69. The van der Waals surface area contributed by atoms with Crippen LogP contribution in [0.2, 0.25) is 0 Å². The number of hydrogen-bond acceptors (Lipinski definition) is 2. The molecule has 1 aliphatic heterocycles. The number of aliphatic hydroxyl groups is 1. The van der Waals surface area contributed by atoms with Gasteiger partial charge >= 0.3 is 0 Å². The van der Waals surface area contributed by atoms with E-state index < -0.39 is 5.72 Å². The Hall–Kier alpha value is -1.61. The van der Waals surface area contributed by atoms with Crippen molar-refractivity contribution in [1.29, 1.82) is 0 Å². The Bertz CT molecular complexity index is 407. The van der Waals surface area contributed by atoms with Gasteiger partial charge in [0.25, 0.3) is 0 Å². The van der Waals surface area contributed by atoms with Crippen molar-refractivity contribution in [3.8, 4) is 0 Å². The molecule has 2 rings (SSSR count). The van der Waals surface area contributed by atoms with Gasteiger partial charge in [-0.15, -0.1) is 0 Å². The van der Waals surface area contributed by atoms with Gasteiger partial charge in [-0.2, -0.15) is 0 Å². The fraction of sp³-hybridized carbons (Fsp3) is 0.250. The zero-order chi connectivity index (χ0) is 10.9. The van der Waals surface area contributed by atoms with E-state index in [1.165, 1.54) is 6.08 Å². The molecule has 0 radical (unpaired) electrons. The van der Waals surface area contributed by atoms with Gasteiger partial charge < -0.3 is 10.4 Å². The molecule has 1 aromatic carbocycles. The van der Waals surface area contributed by atoms with Gasteiger partial charge in [0.1, 0.15) is 0 Å². The lowest BCUT2D eigenvalue weighted by molar-refractivity contribution is -0.119. The molecule has 1 amide bonds. The molecule has 3 heteroatoms. The molecule has 78 valence electrons. The molecule has 1 heterocycles. The van der Waals surface area contributed by atoms with Crippen LogP contribution in [-0.4, -0.2) is 16.7 Å². The van der Waals surface area contributed by atoms with Gasteiger partial charge in [-0.25, -0.2) is 0 Å². The quantitative estimate of drug-likeness (QED) is 0.753. The minimum Gasteiger partial charge on any atom is -0.367 e. The zero-order valence-corrected chi connectivity index (χ0v) is 8.53. The summed E-state index contributed by atoms with van der Waals surface area (Å²) in [5, 5.41) is 12.4. The van der Waals surface area contributed by atoms with Gasteiger partial charge in [0.05, 0.1) is 0 Å². The van der Waals surface area contributed by atoms with E-state index in [1.54, 1.807) is 6.92 Å². The molecule has 1 aromatic rings. The lowest BCUT2D eigenvalue weighted by atomic mass is 9.99. The lowest BCUT2D eigenvalue weighted by Crippen LogP contribution is -2.41. The second-order valence-electron chi connectivity index (χ2n) is 3.89. The number of benzene rings is 1. The standard InChI is InChI=1S/C12H13NO2/c1-12(15)10(8-11(14)13-12)7-9-5-3-2-4-6-9/h2-6,8,15H,7H2,1H3,(H,13,14)/t12-/m1/s1. The first-order valence-electron chi connectivity index (χ1n) is 4.87. The summed E-state index contributed by atoms with van der Waals surface area (Å²) in [6.45, 7) is 1.59. The van der Waals surface area contributed by atoms with E-state index in [-0.39, 0.29) is 5.91 Å². The van der Waals surface area contributed by atoms with Crippen molar-refractivity contribution < 1.29 is 9.90 Å². The van der Waals surface area contributed by atoms with Crippen LogP contribution in [-0.2, 0) is 11.2 Å². The minimum atomic E-state index is -1.20. The lowest BCUT2D eigenvalue weighted by Gasteiger charge is -2.21. The number of hydrogen-bond donors (Lipinski definition) is 2. The van der Waals surface area contributed by atoms with E-state index >= 15 is 0 Å². The first-order valence-corrected chi connectivity index (χ1v) is 4.87. The van der Waals surface area contributed by atoms with Crippen LogP contribution >= 0.6 is 0 Å². The molecule has 0 aromatic heterocycles. The summed E-state index contributed by atoms with van der Waals surface area (Å²) in [6.07, 6.45) is 2.06. The molecule has 2 N–H and O–H groups in total. The zero-order valence-electron chi connectivity index (χ0n) is 8.53. The Kier molecular flexibility index (Phi) is 2.32. The maximum Gasteiger partial charge on any atom is 0.246 e. The average Bonchev–Trinajstić information content (AvgIpc) is 2.41. The molecule has 0 aliphatic carbocycles. The first kappa shape index (κ1) is 9.93. The van der Waals surface area contributed by atoms with Crippen molar-refractivity contribution in [2.24, 2.45) is 0 Å². The van der Waals surface area contributed by atoms with E-state index in [1.807, 2.05) is 30.3 Å². The summed E-state index contributed by atoms with van der Waals surface area (Å²) in [5.41, 5.74) is 0.589. The largest absolute Gasteiger partial charge is 0.367 e. The molecule has 3 nitrogen and oxygen atoms in total. The Labute approximate surface area is 88.4 Å². The second-order valence-corrected chi connectivity index (χ2v) is 3.89. The second kappa shape index (κ2) is 3.51. The summed E-state index contributed by atoms with van der Waals surface area (Å²) in [7, 11) is 0. The summed E-state index contributed by atoms with van der Waals surface area (Å²) in [4.78, 5) is 11.1. The summed E-state index contributed by atoms with van der Waals surface area (Å²) in [6, 6.07) is 9.76. The minimum absolute atomic E-state index is 0.231. The van der Waals surface area contributed by atoms with Crippen LogP contribution in [0.15, 0.2) is 42.0 Å². The van der Waals surface area contributed by atoms with E-state index in [4.69, 9.17) is 0 Å². The van der Waals surface area contributed by atoms with Crippen LogP contribution in [0.1, 0.15) is 12.5 Å². The molecule has 0 saturated carbocycles. The molecular formula is C12H13NO2. The topological polar surface area (TPSA) is 49.3 Å². The number of amides is 1. The van der Waals surface area contributed by atoms with Crippen LogP contribution in [0.4, 0.5) is 0 Å². The first-order chi connectivity index (χ1) is 7.08. The summed E-state index contributed by atoms with van der Waals surface area (Å²) >= 11 is 0. The highest BCUT2D eigenvalue weighted by atomic mass is 16.3. The smallest absolute Gasteiger partial charge is 0.246 e. The van der Waals surface area contributed by atoms with Crippen molar-refractivity contribution in [3.63, 3.8) is 0 Å². The van der Waals surface area contributed by atoms with Crippen molar-refractivity contribution in [2.45, 2.75) is 19.1 Å². The van der Waals surface area contributed by atoms with Gasteiger partial charge in [0.15, 0.2) is 5.72 Å². The summed E-state index contributed by atoms with van der Waals surface area (Å²) < 4.78 is 0. The normalized spacial score (nSPS) is 24.9. The van der Waals surface area contributed by atoms with Crippen molar-refractivity contribution in [2.75, 3.05) is 0 Å². The highest BCUT2D eigenvalue weighted by Gasteiger charge is 2.33. The third kappa shape index (κ3) is 2.07. The van der Waals surface area contributed by atoms with E-state index in [2.05, 4.69) is 5.32 Å². The van der Waals surface area contributed by atoms with Crippen LogP contribution in [0, 0.1) is 0 Å². The van der Waals surface area contributed by atoms with E-state index in [0.717, 1.165) is 5.56 Å². The number of carbonyl (C=O) groups excluding carboxylic acids is 1. The van der Waals surface area contributed by atoms with Crippen LogP contribution < -0.4 is 5.32 Å².